The zero-order chi connectivity index (χ0) is 21.1. The quantitative estimate of drug-likeness (QED) is 0.363. The molecule has 0 saturated carbocycles. The summed E-state index contributed by atoms with van der Waals surface area (Å²) in [7, 11) is 1.60. The highest BCUT2D eigenvalue weighted by Crippen LogP contribution is 2.30. The molecule has 30 heavy (non-hydrogen) atoms. The molecular formula is C26H21NO3. The number of benzene rings is 3. The third-order valence-electron chi connectivity index (χ3n) is 5.02. The van der Waals surface area contributed by atoms with E-state index in [1.54, 1.807) is 13.2 Å². The van der Waals surface area contributed by atoms with Gasteiger partial charge in [0, 0.05) is 16.5 Å². The first-order valence-electron chi connectivity index (χ1n) is 9.65. The first-order valence-corrected chi connectivity index (χ1v) is 9.65. The number of hydrogen-bond donors (Lipinski definition) is 1. The molecule has 1 aromatic heterocycles. The van der Waals surface area contributed by atoms with Crippen molar-refractivity contribution in [1.82, 2.24) is 4.98 Å². The number of allylic oxidation sites excluding steroid dienone is 1. The lowest BCUT2D eigenvalue weighted by Gasteiger charge is -2.12. The van der Waals surface area contributed by atoms with Crippen LogP contribution in [0.2, 0.25) is 0 Å². The van der Waals surface area contributed by atoms with Crippen molar-refractivity contribution in [1.29, 1.82) is 0 Å². The second kappa shape index (κ2) is 8.21. The molecule has 4 nitrogen and oxygen atoms in total. The number of ether oxygens (including phenoxy) is 1. The summed E-state index contributed by atoms with van der Waals surface area (Å²) in [5.41, 5.74) is 3.85. The Hall–Kier alpha value is -3.92. The molecule has 0 saturated heterocycles. The number of carbonyl (C=O) groups excluding carboxylic acids is 1. The average Bonchev–Trinajstić information content (AvgIpc) is 2.78. The lowest BCUT2D eigenvalue weighted by Crippen LogP contribution is -2.18. The first kappa shape index (κ1) is 19.4. The maximum Gasteiger partial charge on any atom is 0.260 e. The van der Waals surface area contributed by atoms with E-state index in [1.807, 2.05) is 79.7 Å². The van der Waals surface area contributed by atoms with Gasteiger partial charge in [0.25, 0.3) is 5.56 Å². The van der Waals surface area contributed by atoms with Crippen LogP contribution in [0.25, 0.3) is 28.1 Å². The molecular weight excluding hydrogens is 374 g/mol. The van der Waals surface area contributed by atoms with E-state index in [0.29, 0.717) is 11.1 Å². The molecule has 0 amide bonds. The van der Waals surface area contributed by atoms with E-state index < -0.39 is 5.56 Å². The minimum absolute atomic E-state index is 0.143. The number of H-pyrrole nitrogens is 1. The molecule has 4 aromatic rings. The van der Waals surface area contributed by atoms with Crippen molar-refractivity contribution in [2.24, 2.45) is 0 Å². The van der Waals surface area contributed by atoms with E-state index in [9.17, 15) is 9.59 Å². The van der Waals surface area contributed by atoms with Crippen LogP contribution in [0.15, 0.2) is 83.7 Å². The molecule has 4 rings (SSSR count). The summed E-state index contributed by atoms with van der Waals surface area (Å²) in [6.07, 6.45) is 3.15. The Morgan fingerprint density at radius 3 is 2.40 bits per heavy atom. The van der Waals surface area contributed by atoms with E-state index >= 15 is 0 Å². The summed E-state index contributed by atoms with van der Waals surface area (Å²) >= 11 is 0. The lowest BCUT2D eigenvalue weighted by molar-refractivity contribution is 0.104. The van der Waals surface area contributed by atoms with E-state index in [-0.39, 0.29) is 11.3 Å². The van der Waals surface area contributed by atoms with Crippen molar-refractivity contribution in [3.63, 3.8) is 0 Å². The molecule has 4 heteroatoms. The molecule has 148 valence electrons. The fraction of sp³-hybridized carbons (Fsp3) is 0.0769. The Kier molecular flexibility index (Phi) is 5.31. The molecule has 0 atom stereocenters. The van der Waals surface area contributed by atoms with Crippen LogP contribution in [-0.2, 0) is 0 Å². The first-order chi connectivity index (χ1) is 14.6. The van der Waals surface area contributed by atoms with Crippen molar-refractivity contribution < 1.29 is 9.53 Å². The normalized spacial score (nSPS) is 11.1. The molecule has 0 radical (unpaired) electrons. The summed E-state index contributed by atoms with van der Waals surface area (Å²) in [6.45, 7) is 1.99. The molecule has 0 aliphatic heterocycles. The van der Waals surface area contributed by atoms with Gasteiger partial charge in [0.2, 0.25) is 0 Å². The van der Waals surface area contributed by atoms with Gasteiger partial charge in [0.1, 0.15) is 5.75 Å². The van der Waals surface area contributed by atoms with Crippen LogP contribution in [0.4, 0.5) is 0 Å². The number of aromatic amines is 1. The van der Waals surface area contributed by atoms with E-state index in [2.05, 4.69) is 4.98 Å². The van der Waals surface area contributed by atoms with Gasteiger partial charge in [-0.05, 0) is 48.4 Å². The Bertz CT molecular complexity index is 1300. The largest absolute Gasteiger partial charge is 0.497 e. The van der Waals surface area contributed by atoms with Crippen molar-refractivity contribution >= 4 is 22.8 Å². The zero-order valence-electron chi connectivity index (χ0n) is 16.8. The van der Waals surface area contributed by atoms with E-state index in [4.69, 9.17) is 4.74 Å². The minimum atomic E-state index is -0.394. The SMILES string of the molecule is COc1ccc(/C=C/C(=O)c2c(-c3ccccc3)c3cc(C)ccc3[nH]c2=O)cc1. The van der Waals surface area contributed by atoms with Gasteiger partial charge in [-0.15, -0.1) is 0 Å². The van der Waals surface area contributed by atoms with Crippen LogP contribution in [0, 0.1) is 6.92 Å². The van der Waals surface area contributed by atoms with Gasteiger partial charge in [0.05, 0.1) is 12.7 Å². The van der Waals surface area contributed by atoms with Gasteiger partial charge in [-0.1, -0.05) is 60.2 Å². The molecule has 0 unspecified atom stereocenters. The third-order valence-corrected chi connectivity index (χ3v) is 5.02. The second-order valence-electron chi connectivity index (χ2n) is 7.09. The van der Waals surface area contributed by atoms with Crippen LogP contribution in [0.5, 0.6) is 5.75 Å². The number of carbonyl (C=O) groups is 1. The standard InChI is InChI=1S/C26H21NO3/c1-17-8-14-22-21(16-17)24(19-6-4-3-5-7-19)25(26(29)27-22)23(28)15-11-18-9-12-20(30-2)13-10-18/h3-16H,1-2H3,(H,27,29)/b15-11+. The maximum absolute atomic E-state index is 13.2. The fourth-order valence-electron chi connectivity index (χ4n) is 3.52. The highest BCUT2D eigenvalue weighted by molar-refractivity contribution is 6.15. The number of hydrogen-bond acceptors (Lipinski definition) is 3. The summed E-state index contributed by atoms with van der Waals surface area (Å²) in [5, 5.41) is 0.849. The number of nitrogens with one attached hydrogen (secondary N) is 1. The van der Waals surface area contributed by atoms with Gasteiger partial charge in [-0.3, -0.25) is 9.59 Å². The van der Waals surface area contributed by atoms with Crippen molar-refractivity contribution in [3.8, 4) is 16.9 Å². The molecule has 0 aliphatic carbocycles. The number of pyridine rings is 1. The summed E-state index contributed by atoms with van der Waals surface area (Å²) in [4.78, 5) is 28.9. The number of aryl methyl sites for hydroxylation is 1. The van der Waals surface area contributed by atoms with Crippen molar-refractivity contribution in [2.75, 3.05) is 7.11 Å². The molecule has 1 heterocycles. The molecule has 0 fully saturated rings. The van der Waals surface area contributed by atoms with E-state index in [0.717, 1.165) is 27.8 Å². The smallest absolute Gasteiger partial charge is 0.260 e. The number of aromatic nitrogens is 1. The average molecular weight is 395 g/mol. The zero-order valence-corrected chi connectivity index (χ0v) is 16.8. The maximum atomic E-state index is 13.2. The molecule has 0 aliphatic rings. The lowest BCUT2D eigenvalue weighted by atomic mass is 9.93. The molecule has 0 spiro atoms. The minimum Gasteiger partial charge on any atom is -0.497 e. The van der Waals surface area contributed by atoms with Gasteiger partial charge in [-0.25, -0.2) is 0 Å². The van der Waals surface area contributed by atoms with Gasteiger partial charge in [-0.2, -0.15) is 0 Å². The fourth-order valence-corrected chi connectivity index (χ4v) is 3.52. The summed E-state index contributed by atoms with van der Waals surface area (Å²) in [5.74, 6) is 0.403. The Morgan fingerprint density at radius 2 is 1.70 bits per heavy atom. The second-order valence-corrected chi connectivity index (χ2v) is 7.09. The number of methoxy groups -OCH3 is 1. The summed E-state index contributed by atoms with van der Waals surface area (Å²) < 4.78 is 5.16. The Labute approximate surface area is 174 Å². The van der Waals surface area contributed by atoms with Crippen LogP contribution in [0.3, 0.4) is 0 Å². The van der Waals surface area contributed by atoms with E-state index in [1.165, 1.54) is 6.08 Å². The predicted molar refractivity (Wildman–Crippen MR) is 121 cm³/mol. The molecule has 3 aromatic carbocycles. The highest BCUT2D eigenvalue weighted by atomic mass is 16.5. The van der Waals surface area contributed by atoms with Crippen LogP contribution >= 0.6 is 0 Å². The van der Waals surface area contributed by atoms with Crippen molar-refractivity contribution in [2.45, 2.75) is 6.92 Å². The molecule has 0 bridgehead atoms. The van der Waals surface area contributed by atoms with Crippen molar-refractivity contribution in [3.05, 3.63) is 106 Å². The van der Waals surface area contributed by atoms with Crippen LogP contribution in [-0.4, -0.2) is 17.9 Å². The van der Waals surface area contributed by atoms with Gasteiger partial charge in [0.15, 0.2) is 5.78 Å². The third kappa shape index (κ3) is 3.80. The monoisotopic (exact) mass is 395 g/mol. The topological polar surface area (TPSA) is 59.2 Å². The van der Waals surface area contributed by atoms with Gasteiger partial charge >= 0.3 is 0 Å². The number of rotatable bonds is 5. The highest BCUT2D eigenvalue weighted by Gasteiger charge is 2.19. The Morgan fingerprint density at radius 1 is 0.967 bits per heavy atom. The number of fused-ring (bicyclic) bond motifs is 1. The molecule has 1 N–H and O–H groups in total. The number of ketones is 1. The Balaban J connectivity index is 1.87. The summed E-state index contributed by atoms with van der Waals surface area (Å²) in [6, 6.07) is 22.7. The van der Waals surface area contributed by atoms with Gasteiger partial charge < -0.3 is 9.72 Å². The predicted octanol–water partition coefficient (Wildman–Crippen LogP) is 5.41. The van der Waals surface area contributed by atoms with Crippen LogP contribution < -0.4 is 10.3 Å². The van der Waals surface area contributed by atoms with Crippen LogP contribution in [0.1, 0.15) is 21.5 Å².